The standard InChI is InChI=1S/C16H22N2S2/c1-19-15-8-6-7-14(13(15)11-17)18-12-16(20-2)9-4-3-5-10-16/h6-8,18H,3-5,9-10,12H2,1-2H3. The lowest BCUT2D eigenvalue weighted by atomic mass is 9.88. The van der Waals surface area contributed by atoms with E-state index in [0.29, 0.717) is 4.75 Å². The molecule has 0 radical (unpaired) electrons. The van der Waals surface area contributed by atoms with E-state index >= 15 is 0 Å². The lowest BCUT2D eigenvalue weighted by molar-refractivity contribution is 0.411. The van der Waals surface area contributed by atoms with Gasteiger partial charge in [-0.2, -0.15) is 17.0 Å². The van der Waals surface area contributed by atoms with Gasteiger partial charge in [0.15, 0.2) is 0 Å². The second-order valence-corrected chi connectivity index (χ2v) is 7.42. The summed E-state index contributed by atoms with van der Waals surface area (Å²) in [6, 6.07) is 8.41. The topological polar surface area (TPSA) is 35.8 Å². The Morgan fingerprint density at radius 2 is 2.00 bits per heavy atom. The van der Waals surface area contributed by atoms with Crippen LogP contribution in [-0.4, -0.2) is 23.8 Å². The zero-order valence-electron chi connectivity index (χ0n) is 12.2. The Bertz CT molecular complexity index is 488. The van der Waals surface area contributed by atoms with Gasteiger partial charge >= 0.3 is 0 Å². The molecule has 0 amide bonds. The van der Waals surface area contributed by atoms with E-state index in [1.165, 1.54) is 32.1 Å². The lowest BCUT2D eigenvalue weighted by Gasteiger charge is -2.36. The summed E-state index contributed by atoms with van der Waals surface area (Å²) in [5.41, 5.74) is 1.77. The van der Waals surface area contributed by atoms with Crippen molar-refractivity contribution in [3.05, 3.63) is 23.8 Å². The van der Waals surface area contributed by atoms with Crippen LogP contribution in [0.5, 0.6) is 0 Å². The fraction of sp³-hybridized carbons (Fsp3) is 0.562. The summed E-state index contributed by atoms with van der Waals surface area (Å²) in [5, 5.41) is 12.9. The largest absolute Gasteiger partial charge is 0.383 e. The summed E-state index contributed by atoms with van der Waals surface area (Å²) in [7, 11) is 0. The summed E-state index contributed by atoms with van der Waals surface area (Å²) in [4.78, 5) is 1.05. The SMILES string of the molecule is CSc1cccc(NCC2(SC)CCCCC2)c1C#N. The number of hydrogen-bond acceptors (Lipinski definition) is 4. The number of nitrogens with one attached hydrogen (secondary N) is 1. The highest BCUT2D eigenvalue weighted by molar-refractivity contribution is 8.00. The molecule has 1 N–H and O–H groups in total. The van der Waals surface area contributed by atoms with Crippen LogP contribution in [0.1, 0.15) is 37.7 Å². The van der Waals surface area contributed by atoms with Gasteiger partial charge in [-0.15, -0.1) is 11.8 Å². The molecule has 20 heavy (non-hydrogen) atoms. The second-order valence-electron chi connectivity index (χ2n) is 5.30. The van der Waals surface area contributed by atoms with Gasteiger partial charge in [0, 0.05) is 16.2 Å². The molecule has 2 rings (SSSR count). The Balaban J connectivity index is 2.12. The number of nitriles is 1. The van der Waals surface area contributed by atoms with Crippen molar-refractivity contribution >= 4 is 29.2 Å². The Labute approximate surface area is 130 Å². The van der Waals surface area contributed by atoms with Crippen molar-refractivity contribution in [3.63, 3.8) is 0 Å². The molecule has 1 fully saturated rings. The van der Waals surface area contributed by atoms with Crippen molar-refractivity contribution in [1.29, 1.82) is 5.26 Å². The summed E-state index contributed by atoms with van der Waals surface area (Å²) >= 11 is 3.62. The Morgan fingerprint density at radius 1 is 1.25 bits per heavy atom. The average Bonchev–Trinajstić information content (AvgIpc) is 2.53. The molecular weight excluding hydrogens is 284 g/mol. The van der Waals surface area contributed by atoms with Crippen LogP contribution < -0.4 is 5.32 Å². The van der Waals surface area contributed by atoms with Crippen LogP contribution in [0.4, 0.5) is 5.69 Å². The van der Waals surface area contributed by atoms with Gasteiger partial charge in [-0.25, -0.2) is 0 Å². The second kappa shape index (κ2) is 7.28. The molecule has 2 nitrogen and oxygen atoms in total. The molecule has 0 spiro atoms. The van der Waals surface area contributed by atoms with Gasteiger partial charge in [0.25, 0.3) is 0 Å². The van der Waals surface area contributed by atoms with E-state index in [1.807, 2.05) is 36.2 Å². The maximum absolute atomic E-state index is 9.38. The van der Waals surface area contributed by atoms with Crippen molar-refractivity contribution in [1.82, 2.24) is 0 Å². The zero-order valence-corrected chi connectivity index (χ0v) is 13.9. The number of anilines is 1. The molecule has 0 bridgehead atoms. The van der Waals surface area contributed by atoms with E-state index in [4.69, 9.17) is 0 Å². The van der Waals surface area contributed by atoms with Gasteiger partial charge in [0.05, 0.1) is 11.3 Å². The van der Waals surface area contributed by atoms with Gasteiger partial charge in [0.2, 0.25) is 0 Å². The molecule has 0 unspecified atom stereocenters. The summed E-state index contributed by atoms with van der Waals surface area (Å²) in [6.45, 7) is 0.959. The van der Waals surface area contributed by atoms with Gasteiger partial charge in [-0.3, -0.25) is 0 Å². The fourth-order valence-electron chi connectivity index (χ4n) is 2.87. The van der Waals surface area contributed by atoms with Crippen molar-refractivity contribution < 1.29 is 0 Å². The lowest BCUT2D eigenvalue weighted by Crippen LogP contribution is -2.35. The van der Waals surface area contributed by atoms with Crippen molar-refractivity contribution in [2.45, 2.75) is 41.7 Å². The molecule has 1 aromatic carbocycles. The average molecular weight is 306 g/mol. The van der Waals surface area contributed by atoms with E-state index in [0.717, 1.165) is 22.7 Å². The van der Waals surface area contributed by atoms with E-state index < -0.39 is 0 Å². The summed E-state index contributed by atoms with van der Waals surface area (Å²) in [5.74, 6) is 0. The Hall–Kier alpha value is -0.790. The normalized spacial score (nSPS) is 17.4. The van der Waals surface area contributed by atoms with Gasteiger partial charge in [-0.05, 0) is 37.5 Å². The molecule has 0 aromatic heterocycles. The zero-order chi connectivity index (χ0) is 14.4. The minimum absolute atomic E-state index is 0.348. The molecule has 0 heterocycles. The highest BCUT2D eigenvalue weighted by atomic mass is 32.2. The predicted molar refractivity (Wildman–Crippen MR) is 90.8 cm³/mol. The van der Waals surface area contributed by atoms with Crippen LogP contribution in [-0.2, 0) is 0 Å². The number of thioether (sulfide) groups is 2. The molecule has 0 atom stereocenters. The van der Waals surface area contributed by atoms with Crippen LogP contribution >= 0.6 is 23.5 Å². The summed E-state index contributed by atoms with van der Waals surface area (Å²) in [6.07, 6.45) is 10.8. The van der Waals surface area contributed by atoms with Gasteiger partial charge < -0.3 is 5.32 Å². The van der Waals surface area contributed by atoms with Crippen LogP contribution in [0.2, 0.25) is 0 Å². The number of nitrogens with zero attached hydrogens (tertiary/aromatic N) is 1. The Kier molecular flexibility index (Phi) is 5.68. The highest BCUT2D eigenvalue weighted by Crippen LogP contribution is 2.39. The monoisotopic (exact) mass is 306 g/mol. The molecule has 1 aliphatic carbocycles. The first-order valence-electron chi connectivity index (χ1n) is 7.11. The smallest absolute Gasteiger partial charge is 0.102 e. The van der Waals surface area contributed by atoms with Gasteiger partial charge in [0.1, 0.15) is 6.07 Å². The molecule has 0 aliphatic heterocycles. The third-order valence-electron chi connectivity index (χ3n) is 4.16. The third-order valence-corrected chi connectivity index (χ3v) is 6.36. The van der Waals surface area contributed by atoms with Crippen LogP contribution in [0, 0.1) is 11.3 Å². The van der Waals surface area contributed by atoms with E-state index in [-0.39, 0.29) is 0 Å². The minimum Gasteiger partial charge on any atom is -0.383 e. The highest BCUT2D eigenvalue weighted by Gasteiger charge is 2.31. The Morgan fingerprint density at radius 3 is 2.60 bits per heavy atom. The van der Waals surface area contributed by atoms with Crippen molar-refractivity contribution in [3.8, 4) is 6.07 Å². The molecule has 1 aliphatic rings. The molecule has 108 valence electrons. The number of rotatable bonds is 5. The predicted octanol–water partition coefficient (Wildman–Crippen LogP) is 4.76. The van der Waals surface area contributed by atoms with Crippen LogP contribution in [0.3, 0.4) is 0 Å². The maximum Gasteiger partial charge on any atom is 0.102 e. The number of benzene rings is 1. The molecule has 1 saturated carbocycles. The van der Waals surface area contributed by atoms with Crippen LogP contribution in [0.25, 0.3) is 0 Å². The third kappa shape index (κ3) is 3.45. The van der Waals surface area contributed by atoms with Crippen molar-refractivity contribution in [2.75, 3.05) is 24.4 Å². The first-order chi connectivity index (χ1) is 9.74. The van der Waals surface area contributed by atoms with Crippen LogP contribution in [0.15, 0.2) is 23.1 Å². The minimum atomic E-state index is 0.348. The summed E-state index contributed by atoms with van der Waals surface area (Å²) < 4.78 is 0.348. The maximum atomic E-state index is 9.38. The van der Waals surface area contributed by atoms with Crippen molar-refractivity contribution in [2.24, 2.45) is 0 Å². The molecular formula is C16H22N2S2. The molecule has 4 heteroatoms. The first kappa shape index (κ1) is 15.6. The van der Waals surface area contributed by atoms with E-state index in [1.54, 1.807) is 11.8 Å². The molecule has 0 saturated heterocycles. The van der Waals surface area contributed by atoms with E-state index in [9.17, 15) is 5.26 Å². The van der Waals surface area contributed by atoms with E-state index in [2.05, 4.69) is 17.6 Å². The fourth-order valence-corrected chi connectivity index (χ4v) is 4.36. The quantitative estimate of drug-likeness (QED) is 0.796. The number of hydrogen-bond donors (Lipinski definition) is 1. The molecule has 1 aromatic rings. The first-order valence-corrected chi connectivity index (χ1v) is 9.56. The van der Waals surface area contributed by atoms with Gasteiger partial charge in [-0.1, -0.05) is 25.3 Å².